The summed E-state index contributed by atoms with van der Waals surface area (Å²) in [7, 11) is 3.79. The highest BCUT2D eigenvalue weighted by Gasteiger charge is 2.16. The van der Waals surface area contributed by atoms with Gasteiger partial charge < -0.3 is 15.1 Å². The average Bonchev–Trinajstić information content (AvgIpc) is 2.84. The van der Waals surface area contributed by atoms with E-state index in [1.165, 1.54) is 18.5 Å². The molecule has 4 nitrogen and oxygen atoms in total. The molecule has 19 heavy (non-hydrogen) atoms. The van der Waals surface area contributed by atoms with Crippen LogP contribution in [0.3, 0.4) is 0 Å². The molecule has 0 bridgehead atoms. The predicted molar refractivity (Wildman–Crippen MR) is 79.8 cm³/mol. The van der Waals surface area contributed by atoms with Crippen molar-refractivity contribution in [1.29, 1.82) is 0 Å². The lowest BCUT2D eigenvalue weighted by molar-refractivity contribution is -0.116. The third kappa shape index (κ3) is 3.47. The van der Waals surface area contributed by atoms with Crippen LogP contribution in [0.1, 0.15) is 18.4 Å². The summed E-state index contributed by atoms with van der Waals surface area (Å²) >= 11 is 0. The Labute approximate surface area is 115 Å². The van der Waals surface area contributed by atoms with Gasteiger partial charge in [0, 0.05) is 24.5 Å². The Hall–Kier alpha value is -1.55. The zero-order valence-corrected chi connectivity index (χ0v) is 12.1. The van der Waals surface area contributed by atoms with Gasteiger partial charge in [0.05, 0.1) is 6.54 Å². The van der Waals surface area contributed by atoms with Crippen molar-refractivity contribution in [1.82, 2.24) is 4.90 Å². The van der Waals surface area contributed by atoms with Crippen LogP contribution in [0.5, 0.6) is 0 Å². The van der Waals surface area contributed by atoms with Gasteiger partial charge in [0.1, 0.15) is 0 Å². The monoisotopic (exact) mass is 261 g/mol. The van der Waals surface area contributed by atoms with E-state index in [1.807, 2.05) is 31.1 Å². The SMILES string of the molecule is Cc1c(NC(=O)CN(C)C)cccc1N1CCCC1. The van der Waals surface area contributed by atoms with Crippen LogP contribution in [0, 0.1) is 6.92 Å². The average molecular weight is 261 g/mol. The highest BCUT2D eigenvalue weighted by molar-refractivity contribution is 5.93. The van der Waals surface area contributed by atoms with Crippen molar-refractivity contribution in [2.24, 2.45) is 0 Å². The molecular weight excluding hydrogens is 238 g/mol. The fraction of sp³-hybridized carbons (Fsp3) is 0.533. The Kier molecular flexibility index (Phi) is 4.43. The normalized spacial score (nSPS) is 15.1. The third-order valence-corrected chi connectivity index (χ3v) is 3.49. The fourth-order valence-electron chi connectivity index (χ4n) is 2.54. The number of nitrogens with zero attached hydrogens (tertiary/aromatic N) is 2. The number of benzene rings is 1. The van der Waals surface area contributed by atoms with E-state index in [2.05, 4.69) is 23.2 Å². The number of anilines is 2. The summed E-state index contributed by atoms with van der Waals surface area (Å²) in [5.41, 5.74) is 3.34. The molecule has 1 aromatic carbocycles. The largest absolute Gasteiger partial charge is 0.371 e. The highest BCUT2D eigenvalue weighted by Crippen LogP contribution is 2.29. The first kappa shape index (κ1) is 13.9. The maximum absolute atomic E-state index is 11.8. The number of rotatable bonds is 4. The number of nitrogens with one attached hydrogen (secondary N) is 1. The van der Waals surface area contributed by atoms with E-state index < -0.39 is 0 Å². The molecule has 2 rings (SSSR count). The minimum Gasteiger partial charge on any atom is -0.371 e. The van der Waals surface area contributed by atoms with Gasteiger partial charge in [-0.3, -0.25) is 4.79 Å². The molecule has 0 aromatic heterocycles. The van der Waals surface area contributed by atoms with Crippen molar-refractivity contribution < 1.29 is 4.79 Å². The van der Waals surface area contributed by atoms with Gasteiger partial charge in [-0.15, -0.1) is 0 Å². The topological polar surface area (TPSA) is 35.6 Å². The van der Waals surface area contributed by atoms with Crippen LogP contribution in [0.2, 0.25) is 0 Å². The molecule has 1 heterocycles. The number of hydrogen-bond donors (Lipinski definition) is 1. The molecule has 1 fully saturated rings. The van der Waals surface area contributed by atoms with E-state index in [1.54, 1.807) is 0 Å². The van der Waals surface area contributed by atoms with Crippen LogP contribution in [0.15, 0.2) is 18.2 Å². The molecule has 0 atom stereocenters. The minimum absolute atomic E-state index is 0.0340. The van der Waals surface area contributed by atoms with Crippen LogP contribution in [-0.4, -0.2) is 44.5 Å². The standard InChI is InChI=1S/C15H23N3O/c1-12-13(16-15(19)11-17(2)3)7-6-8-14(12)18-9-4-5-10-18/h6-8H,4-5,9-11H2,1-3H3,(H,16,19). The maximum atomic E-state index is 11.8. The number of likely N-dealkylation sites (N-methyl/N-ethyl adjacent to an activating group) is 1. The number of amides is 1. The molecule has 104 valence electrons. The number of carbonyl (C=O) groups is 1. The molecule has 0 saturated carbocycles. The molecule has 0 unspecified atom stereocenters. The van der Waals surface area contributed by atoms with Gasteiger partial charge in [-0.25, -0.2) is 0 Å². The molecule has 0 radical (unpaired) electrons. The predicted octanol–water partition coefficient (Wildman–Crippen LogP) is 2.10. The lowest BCUT2D eigenvalue weighted by Gasteiger charge is -2.22. The zero-order chi connectivity index (χ0) is 13.8. The van der Waals surface area contributed by atoms with Crippen molar-refractivity contribution >= 4 is 17.3 Å². The summed E-state index contributed by atoms with van der Waals surface area (Å²) in [6.07, 6.45) is 2.52. The summed E-state index contributed by atoms with van der Waals surface area (Å²) in [5.74, 6) is 0.0340. The van der Waals surface area contributed by atoms with E-state index in [0.717, 1.165) is 24.3 Å². The molecule has 1 aliphatic rings. The summed E-state index contributed by atoms with van der Waals surface area (Å²) in [6.45, 7) is 4.73. The summed E-state index contributed by atoms with van der Waals surface area (Å²) in [6, 6.07) is 6.14. The minimum atomic E-state index is 0.0340. The van der Waals surface area contributed by atoms with Crippen LogP contribution in [0.4, 0.5) is 11.4 Å². The van der Waals surface area contributed by atoms with Gasteiger partial charge in [-0.1, -0.05) is 6.07 Å². The van der Waals surface area contributed by atoms with Crippen molar-refractivity contribution in [3.63, 3.8) is 0 Å². The quantitative estimate of drug-likeness (QED) is 0.901. The molecule has 0 spiro atoms. The van der Waals surface area contributed by atoms with Crippen molar-refractivity contribution in [2.75, 3.05) is 43.9 Å². The van der Waals surface area contributed by atoms with E-state index in [-0.39, 0.29) is 5.91 Å². The van der Waals surface area contributed by atoms with Crippen LogP contribution < -0.4 is 10.2 Å². The molecular formula is C15H23N3O. The van der Waals surface area contributed by atoms with Gasteiger partial charge in [0.15, 0.2) is 0 Å². The summed E-state index contributed by atoms with van der Waals surface area (Å²) in [4.78, 5) is 16.1. The highest BCUT2D eigenvalue weighted by atomic mass is 16.2. The Balaban J connectivity index is 2.13. The van der Waals surface area contributed by atoms with E-state index >= 15 is 0 Å². The van der Waals surface area contributed by atoms with Crippen molar-refractivity contribution in [2.45, 2.75) is 19.8 Å². The zero-order valence-electron chi connectivity index (χ0n) is 12.1. The second kappa shape index (κ2) is 6.06. The van der Waals surface area contributed by atoms with E-state index in [0.29, 0.717) is 6.54 Å². The first-order chi connectivity index (χ1) is 9.08. The molecule has 1 aliphatic heterocycles. The number of hydrogen-bond acceptors (Lipinski definition) is 3. The number of carbonyl (C=O) groups excluding carboxylic acids is 1. The van der Waals surface area contributed by atoms with Gasteiger partial charge >= 0.3 is 0 Å². The Morgan fingerprint density at radius 1 is 1.32 bits per heavy atom. The Morgan fingerprint density at radius 3 is 2.63 bits per heavy atom. The van der Waals surface area contributed by atoms with Crippen molar-refractivity contribution in [3.05, 3.63) is 23.8 Å². The van der Waals surface area contributed by atoms with Gasteiger partial charge in [-0.2, -0.15) is 0 Å². The van der Waals surface area contributed by atoms with Crippen LogP contribution >= 0.6 is 0 Å². The molecule has 1 saturated heterocycles. The van der Waals surface area contributed by atoms with Crippen LogP contribution in [0.25, 0.3) is 0 Å². The second-order valence-electron chi connectivity index (χ2n) is 5.43. The Morgan fingerprint density at radius 2 is 2.00 bits per heavy atom. The van der Waals surface area contributed by atoms with Gasteiger partial charge in [0.25, 0.3) is 0 Å². The molecule has 1 amide bonds. The van der Waals surface area contributed by atoms with Gasteiger partial charge in [-0.05, 0) is 51.6 Å². The van der Waals surface area contributed by atoms with Crippen molar-refractivity contribution in [3.8, 4) is 0 Å². The second-order valence-corrected chi connectivity index (χ2v) is 5.43. The smallest absolute Gasteiger partial charge is 0.238 e. The summed E-state index contributed by atoms with van der Waals surface area (Å²) in [5, 5.41) is 3.00. The maximum Gasteiger partial charge on any atom is 0.238 e. The van der Waals surface area contributed by atoms with Crippen LogP contribution in [-0.2, 0) is 4.79 Å². The third-order valence-electron chi connectivity index (χ3n) is 3.49. The van der Waals surface area contributed by atoms with Gasteiger partial charge in [0.2, 0.25) is 5.91 Å². The molecule has 1 N–H and O–H groups in total. The summed E-state index contributed by atoms with van der Waals surface area (Å²) < 4.78 is 0. The molecule has 0 aliphatic carbocycles. The van der Waals surface area contributed by atoms with E-state index in [4.69, 9.17) is 0 Å². The molecule has 1 aromatic rings. The first-order valence-corrected chi connectivity index (χ1v) is 6.87. The van der Waals surface area contributed by atoms with E-state index in [9.17, 15) is 4.79 Å². The lowest BCUT2D eigenvalue weighted by atomic mass is 10.1. The Bertz CT molecular complexity index is 451. The first-order valence-electron chi connectivity index (χ1n) is 6.87. The lowest BCUT2D eigenvalue weighted by Crippen LogP contribution is -2.27. The molecule has 4 heteroatoms. The fourth-order valence-corrected chi connectivity index (χ4v) is 2.54.